The van der Waals surface area contributed by atoms with Gasteiger partial charge in [-0.3, -0.25) is 4.79 Å². The van der Waals surface area contributed by atoms with E-state index in [9.17, 15) is 9.90 Å². The molecular weight excluding hydrogens is 176 g/mol. The summed E-state index contributed by atoms with van der Waals surface area (Å²) in [5.74, 6) is 0.258. The molecule has 1 N–H and O–H groups in total. The number of carbonyl (C=O) groups is 1. The lowest BCUT2D eigenvalue weighted by Gasteiger charge is -2.00. The highest BCUT2D eigenvalue weighted by atomic mass is 16.3. The summed E-state index contributed by atoms with van der Waals surface area (Å²) in [5, 5.41) is 11.2. The molecule has 0 amide bonds. The zero-order valence-electron chi connectivity index (χ0n) is 7.82. The van der Waals surface area contributed by atoms with E-state index >= 15 is 0 Å². The topological polar surface area (TPSA) is 37.3 Å². The number of hydrogen-bond acceptors (Lipinski definition) is 2. The van der Waals surface area contributed by atoms with Crippen molar-refractivity contribution in [3.05, 3.63) is 42.0 Å². The molecule has 0 fully saturated rings. The molecule has 2 aromatic carbocycles. The largest absolute Gasteiger partial charge is 0.508 e. The first-order valence-corrected chi connectivity index (χ1v) is 4.40. The molecule has 0 spiro atoms. The lowest BCUT2D eigenvalue weighted by atomic mass is 10.0. The first-order valence-electron chi connectivity index (χ1n) is 4.40. The minimum atomic E-state index is 0.0373. The summed E-state index contributed by atoms with van der Waals surface area (Å²) in [4.78, 5) is 11.1. The van der Waals surface area contributed by atoms with Crippen molar-refractivity contribution >= 4 is 16.6 Å². The molecule has 70 valence electrons. The molecule has 0 aliphatic heterocycles. The van der Waals surface area contributed by atoms with E-state index in [4.69, 9.17) is 0 Å². The van der Waals surface area contributed by atoms with Gasteiger partial charge in [0.25, 0.3) is 0 Å². The molecule has 2 nitrogen and oxygen atoms in total. The normalized spacial score (nSPS) is 10.4. The Kier molecular flexibility index (Phi) is 1.97. The monoisotopic (exact) mass is 186 g/mol. The van der Waals surface area contributed by atoms with Gasteiger partial charge in [-0.1, -0.05) is 18.2 Å². The Balaban J connectivity index is 2.69. The number of rotatable bonds is 1. The second-order valence-electron chi connectivity index (χ2n) is 3.30. The van der Waals surface area contributed by atoms with Crippen molar-refractivity contribution in [3.8, 4) is 5.75 Å². The fraction of sp³-hybridized carbons (Fsp3) is 0.0833. The number of benzene rings is 2. The second kappa shape index (κ2) is 3.14. The number of Topliss-reactive ketones (excluding diaryl/α,β-unsaturated/α-hetero) is 1. The Morgan fingerprint density at radius 1 is 1.07 bits per heavy atom. The van der Waals surface area contributed by atoms with E-state index in [0.717, 1.165) is 10.8 Å². The van der Waals surface area contributed by atoms with Crippen LogP contribution >= 0.6 is 0 Å². The molecule has 0 saturated carbocycles. The van der Waals surface area contributed by atoms with Crippen LogP contribution in [0.15, 0.2) is 36.4 Å². The van der Waals surface area contributed by atoms with Crippen LogP contribution in [0.1, 0.15) is 17.3 Å². The molecule has 0 heterocycles. The Bertz CT molecular complexity index is 501. The van der Waals surface area contributed by atoms with Crippen molar-refractivity contribution in [2.45, 2.75) is 6.92 Å². The van der Waals surface area contributed by atoms with Crippen LogP contribution in [0, 0.1) is 0 Å². The summed E-state index contributed by atoms with van der Waals surface area (Å²) in [6.07, 6.45) is 0. The molecule has 0 aliphatic rings. The molecule has 0 unspecified atom stereocenters. The predicted octanol–water partition coefficient (Wildman–Crippen LogP) is 2.75. The highest BCUT2D eigenvalue weighted by molar-refractivity contribution is 5.98. The lowest BCUT2D eigenvalue weighted by Crippen LogP contribution is -1.90. The van der Waals surface area contributed by atoms with Crippen molar-refractivity contribution in [1.29, 1.82) is 0 Å². The zero-order chi connectivity index (χ0) is 10.1. The van der Waals surface area contributed by atoms with Crippen LogP contribution in [-0.4, -0.2) is 10.9 Å². The minimum absolute atomic E-state index is 0.0373. The molecule has 0 aliphatic carbocycles. The van der Waals surface area contributed by atoms with E-state index in [-0.39, 0.29) is 11.5 Å². The van der Waals surface area contributed by atoms with Crippen LogP contribution < -0.4 is 0 Å². The summed E-state index contributed by atoms with van der Waals surface area (Å²) < 4.78 is 0. The van der Waals surface area contributed by atoms with Crippen molar-refractivity contribution in [1.82, 2.24) is 0 Å². The van der Waals surface area contributed by atoms with Gasteiger partial charge in [0.2, 0.25) is 0 Å². The van der Waals surface area contributed by atoms with Gasteiger partial charge in [-0.15, -0.1) is 0 Å². The lowest BCUT2D eigenvalue weighted by molar-refractivity contribution is 0.101. The summed E-state index contributed by atoms with van der Waals surface area (Å²) >= 11 is 0. The third-order valence-electron chi connectivity index (χ3n) is 2.23. The van der Waals surface area contributed by atoms with Crippen molar-refractivity contribution in [2.24, 2.45) is 0 Å². The Morgan fingerprint density at radius 2 is 1.79 bits per heavy atom. The zero-order valence-corrected chi connectivity index (χ0v) is 7.82. The van der Waals surface area contributed by atoms with E-state index in [0.29, 0.717) is 5.56 Å². The predicted molar refractivity (Wildman–Crippen MR) is 55.6 cm³/mol. The van der Waals surface area contributed by atoms with E-state index < -0.39 is 0 Å². The molecule has 0 bridgehead atoms. The molecule has 0 radical (unpaired) electrons. The number of phenolic OH excluding ortho intramolecular Hbond substituents is 1. The van der Waals surface area contributed by atoms with E-state index in [1.807, 2.05) is 12.1 Å². The molecule has 0 atom stereocenters. The van der Waals surface area contributed by atoms with E-state index in [1.165, 1.54) is 6.92 Å². The number of fused-ring (bicyclic) bond motifs is 1. The molecule has 2 rings (SSSR count). The Morgan fingerprint density at radius 3 is 2.50 bits per heavy atom. The van der Waals surface area contributed by atoms with Crippen LogP contribution in [0.25, 0.3) is 10.8 Å². The van der Waals surface area contributed by atoms with Crippen molar-refractivity contribution < 1.29 is 9.90 Å². The quantitative estimate of drug-likeness (QED) is 0.695. The Labute approximate surface area is 81.8 Å². The van der Waals surface area contributed by atoms with E-state index in [2.05, 4.69) is 0 Å². The minimum Gasteiger partial charge on any atom is -0.508 e. The van der Waals surface area contributed by atoms with Gasteiger partial charge in [0.1, 0.15) is 5.75 Å². The standard InChI is InChI=1S/C12H10O2/c1-8(13)10-3-2-9-4-5-12(14)7-11(9)6-10/h2-7,14H,1H3. The second-order valence-corrected chi connectivity index (χ2v) is 3.30. The van der Waals surface area contributed by atoms with E-state index in [1.54, 1.807) is 24.3 Å². The maximum atomic E-state index is 11.1. The number of carbonyl (C=O) groups excluding carboxylic acids is 1. The van der Waals surface area contributed by atoms with Crippen molar-refractivity contribution in [3.63, 3.8) is 0 Å². The fourth-order valence-corrected chi connectivity index (χ4v) is 1.45. The summed E-state index contributed by atoms with van der Waals surface area (Å²) in [6.45, 7) is 1.53. The summed E-state index contributed by atoms with van der Waals surface area (Å²) in [5.41, 5.74) is 0.670. The first-order chi connectivity index (χ1) is 6.66. The van der Waals surface area contributed by atoms with Gasteiger partial charge in [0, 0.05) is 5.56 Å². The number of aromatic hydroxyl groups is 1. The van der Waals surface area contributed by atoms with Crippen molar-refractivity contribution in [2.75, 3.05) is 0 Å². The van der Waals surface area contributed by atoms with Gasteiger partial charge in [0.15, 0.2) is 5.78 Å². The average Bonchev–Trinajstić information content (AvgIpc) is 2.16. The number of hydrogen-bond donors (Lipinski definition) is 1. The molecule has 2 aromatic rings. The third kappa shape index (κ3) is 1.46. The van der Waals surface area contributed by atoms with Crippen LogP contribution in [0.3, 0.4) is 0 Å². The molecular formula is C12H10O2. The number of phenols is 1. The average molecular weight is 186 g/mol. The van der Waals surface area contributed by atoms with Gasteiger partial charge < -0.3 is 5.11 Å². The highest BCUT2D eigenvalue weighted by Gasteiger charge is 2.00. The van der Waals surface area contributed by atoms with Crippen LogP contribution in [-0.2, 0) is 0 Å². The fourth-order valence-electron chi connectivity index (χ4n) is 1.45. The molecule has 14 heavy (non-hydrogen) atoms. The molecule has 0 saturated heterocycles. The van der Waals surface area contributed by atoms with Gasteiger partial charge >= 0.3 is 0 Å². The smallest absolute Gasteiger partial charge is 0.159 e. The van der Waals surface area contributed by atoms with Gasteiger partial charge in [0.05, 0.1) is 0 Å². The van der Waals surface area contributed by atoms with Crippen LogP contribution in [0.2, 0.25) is 0 Å². The highest BCUT2D eigenvalue weighted by Crippen LogP contribution is 2.21. The van der Waals surface area contributed by atoms with Gasteiger partial charge in [-0.25, -0.2) is 0 Å². The maximum Gasteiger partial charge on any atom is 0.159 e. The van der Waals surface area contributed by atoms with Crippen LogP contribution in [0.4, 0.5) is 0 Å². The first kappa shape index (κ1) is 8.75. The number of ketones is 1. The summed E-state index contributed by atoms with van der Waals surface area (Å²) in [6, 6.07) is 10.6. The molecule has 0 aromatic heterocycles. The summed E-state index contributed by atoms with van der Waals surface area (Å²) in [7, 11) is 0. The molecule has 2 heteroatoms. The van der Waals surface area contributed by atoms with Gasteiger partial charge in [-0.2, -0.15) is 0 Å². The maximum absolute atomic E-state index is 11.1. The SMILES string of the molecule is CC(=O)c1ccc2ccc(O)cc2c1. The Hall–Kier alpha value is -1.83. The van der Waals surface area contributed by atoms with Gasteiger partial charge in [-0.05, 0) is 35.9 Å². The van der Waals surface area contributed by atoms with Crippen LogP contribution in [0.5, 0.6) is 5.75 Å². The third-order valence-corrected chi connectivity index (χ3v) is 2.23.